The van der Waals surface area contributed by atoms with Gasteiger partial charge in [-0.1, -0.05) is 44.7 Å². The summed E-state index contributed by atoms with van der Waals surface area (Å²) in [5.74, 6) is 0.701. The van der Waals surface area contributed by atoms with Crippen molar-refractivity contribution in [1.82, 2.24) is 9.88 Å². The van der Waals surface area contributed by atoms with Gasteiger partial charge >= 0.3 is 6.03 Å². The zero-order valence-electron chi connectivity index (χ0n) is 17.8. The van der Waals surface area contributed by atoms with E-state index >= 15 is 0 Å². The van der Waals surface area contributed by atoms with Crippen molar-refractivity contribution >= 4 is 22.6 Å². The van der Waals surface area contributed by atoms with Crippen molar-refractivity contribution in [3.8, 4) is 5.75 Å². The summed E-state index contributed by atoms with van der Waals surface area (Å²) in [5, 5.41) is 0.893. The number of benzene rings is 1. The zero-order valence-corrected chi connectivity index (χ0v) is 17.8. The van der Waals surface area contributed by atoms with Crippen LogP contribution in [0.4, 0.5) is 10.5 Å². The number of carbonyl (C=O) groups excluding carboxylic acids is 1. The summed E-state index contributed by atoms with van der Waals surface area (Å²) >= 11 is 0. The van der Waals surface area contributed by atoms with Gasteiger partial charge in [-0.3, -0.25) is 9.88 Å². The number of unbranched alkanes of at least 4 members (excludes halogenated alkanes) is 4. The molecule has 0 unspecified atom stereocenters. The number of fused-ring (bicyclic) bond motifs is 1. The van der Waals surface area contributed by atoms with E-state index in [0.717, 1.165) is 49.1 Å². The number of para-hydroxylation sites is 1. The van der Waals surface area contributed by atoms with E-state index in [1.807, 2.05) is 24.3 Å². The topological polar surface area (TPSA) is 71.7 Å². The molecule has 6 heteroatoms. The average molecular weight is 399 g/mol. The quantitative estimate of drug-likeness (QED) is 0.628. The number of primary amides is 1. The van der Waals surface area contributed by atoms with Gasteiger partial charge in [0.15, 0.2) is 0 Å². The van der Waals surface area contributed by atoms with Crippen LogP contribution in [0.2, 0.25) is 0 Å². The molecule has 29 heavy (non-hydrogen) atoms. The number of anilines is 1. The molecule has 0 bridgehead atoms. The summed E-state index contributed by atoms with van der Waals surface area (Å²) in [6, 6.07) is 7.37. The minimum absolute atomic E-state index is 0.112. The molecule has 2 amide bonds. The Bertz CT molecular complexity index is 803. The van der Waals surface area contributed by atoms with Gasteiger partial charge in [0.1, 0.15) is 11.3 Å². The van der Waals surface area contributed by atoms with Crippen molar-refractivity contribution in [2.24, 2.45) is 5.73 Å². The number of methoxy groups -OCH3 is 1. The van der Waals surface area contributed by atoms with Gasteiger partial charge in [0.25, 0.3) is 0 Å². The van der Waals surface area contributed by atoms with Gasteiger partial charge in [0.05, 0.1) is 12.8 Å². The van der Waals surface area contributed by atoms with Crippen LogP contribution in [-0.2, 0) is 0 Å². The predicted octanol–water partition coefficient (Wildman–Crippen LogP) is 4.56. The molecule has 0 spiro atoms. The molecule has 0 atom stereocenters. The molecule has 0 radical (unpaired) electrons. The first-order valence-corrected chi connectivity index (χ1v) is 10.9. The summed E-state index contributed by atoms with van der Waals surface area (Å²) in [6.07, 6.45) is 10.1. The average Bonchev–Trinajstić information content (AvgIpc) is 2.74. The smallest absolute Gasteiger partial charge is 0.319 e. The molecule has 1 aromatic heterocycles. The Labute approximate surface area is 174 Å². The summed E-state index contributed by atoms with van der Waals surface area (Å²) in [6.45, 7) is 5.42. The molecule has 1 aliphatic heterocycles. The number of hydrogen-bond donors (Lipinski definition) is 1. The number of carbonyl (C=O) groups is 1. The van der Waals surface area contributed by atoms with Gasteiger partial charge in [-0.05, 0) is 37.9 Å². The molecule has 1 aliphatic rings. The number of hydrogen-bond acceptors (Lipinski definition) is 4. The third kappa shape index (κ3) is 5.18. The monoisotopic (exact) mass is 398 g/mol. The van der Waals surface area contributed by atoms with Crippen LogP contribution in [-0.4, -0.2) is 48.7 Å². The van der Waals surface area contributed by atoms with E-state index in [0.29, 0.717) is 5.75 Å². The van der Waals surface area contributed by atoms with Crippen LogP contribution in [0.25, 0.3) is 10.9 Å². The van der Waals surface area contributed by atoms with Crippen molar-refractivity contribution in [3.63, 3.8) is 0 Å². The maximum absolute atomic E-state index is 12.4. The third-order valence-electron chi connectivity index (χ3n) is 5.93. The lowest BCUT2D eigenvalue weighted by atomic mass is 10.0. The Hall–Kier alpha value is -2.34. The van der Waals surface area contributed by atoms with Gasteiger partial charge in [0.2, 0.25) is 0 Å². The molecule has 158 valence electrons. The molecule has 0 aliphatic carbocycles. The SMILES string of the molecule is CCCCCCCN1CCC(N(C(N)=O)c2ccnc3c(OC)cccc23)CC1. The molecular formula is C23H34N4O2. The van der Waals surface area contributed by atoms with Gasteiger partial charge in [0, 0.05) is 30.7 Å². The Morgan fingerprint density at radius 2 is 1.97 bits per heavy atom. The van der Waals surface area contributed by atoms with Crippen molar-refractivity contribution in [1.29, 1.82) is 0 Å². The number of nitrogens with two attached hydrogens (primary N) is 1. The summed E-state index contributed by atoms with van der Waals surface area (Å²) in [7, 11) is 1.63. The normalized spacial score (nSPS) is 15.5. The number of amides is 2. The Balaban J connectivity index is 1.69. The highest BCUT2D eigenvalue weighted by atomic mass is 16.5. The van der Waals surface area contributed by atoms with E-state index in [-0.39, 0.29) is 6.04 Å². The van der Waals surface area contributed by atoms with Crippen molar-refractivity contribution < 1.29 is 9.53 Å². The van der Waals surface area contributed by atoms with E-state index < -0.39 is 6.03 Å². The van der Waals surface area contributed by atoms with E-state index in [4.69, 9.17) is 10.5 Å². The van der Waals surface area contributed by atoms with Crippen LogP contribution in [0.5, 0.6) is 5.75 Å². The number of piperidine rings is 1. The number of rotatable bonds is 9. The number of nitrogens with zero attached hydrogens (tertiary/aromatic N) is 3. The Morgan fingerprint density at radius 1 is 1.21 bits per heavy atom. The highest BCUT2D eigenvalue weighted by Crippen LogP contribution is 2.33. The first-order chi connectivity index (χ1) is 14.2. The maximum Gasteiger partial charge on any atom is 0.319 e. The lowest BCUT2D eigenvalue weighted by molar-refractivity contribution is 0.202. The standard InChI is InChI=1S/C23H34N4O2/c1-3-4-5-6-7-15-26-16-12-18(13-17-26)27(23(24)28)20-11-14-25-22-19(20)9-8-10-21(22)29-2/h8-11,14,18H,3-7,12-13,15-17H2,1-2H3,(H2,24,28). The molecule has 3 rings (SSSR count). The van der Waals surface area contributed by atoms with Crippen molar-refractivity contribution in [2.75, 3.05) is 31.6 Å². The minimum Gasteiger partial charge on any atom is -0.494 e. The zero-order chi connectivity index (χ0) is 20.6. The van der Waals surface area contributed by atoms with E-state index in [1.54, 1.807) is 18.2 Å². The van der Waals surface area contributed by atoms with E-state index in [1.165, 1.54) is 32.1 Å². The van der Waals surface area contributed by atoms with Crippen molar-refractivity contribution in [2.45, 2.75) is 57.9 Å². The number of urea groups is 1. The second-order valence-electron chi connectivity index (χ2n) is 7.88. The van der Waals surface area contributed by atoms with Crippen LogP contribution in [0.1, 0.15) is 51.9 Å². The maximum atomic E-state index is 12.4. The second kappa shape index (κ2) is 10.4. The van der Waals surface area contributed by atoms with Gasteiger partial charge in [-0.25, -0.2) is 4.79 Å². The summed E-state index contributed by atoms with van der Waals surface area (Å²) in [4.78, 5) is 21.2. The molecule has 1 aromatic carbocycles. The molecule has 1 saturated heterocycles. The molecule has 2 aromatic rings. The Kier molecular flexibility index (Phi) is 7.69. The highest BCUT2D eigenvalue weighted by Gasteiger charge is 2.29. The molecule has 2 heterocycles. The highest BCUT2D eigenvalue weighted by molar-refractivity contribution is 6.03. The van der Waals surface area contributed by atoms with Crippen molar-refractivity contribution in [3.05, 3.63) is 30.5 Å². The van der Waals surface area contributed by atoms with Crippen LogP contribution in [0.15, 0.2) is 30.5 Å². The second-order valence-corrected chi connectivity index (χ2v) is 7.88. The van der Waals surface area contributed by atoms with Gasteiger partial charge in [-0.2, -0.15) is 0 Å². The van der Waals surface area contributed by atoms with Gasteiger partial charge < -0.3 is 15.4 Å². The summed E-state index contributed by atoms with van der Waals surface area (Å²) in [5.41, 5.74) is 7.42. The van der Waals surface area contributed by atoms with Crippen LogP contribution in [0, 0.1) is 0 Å². The van der Waals surface area contributed by atoms with E-state index in [2.05, 4.69) is 16.8 Å². The number of likely N-dealkylation sites (tertiary alicyclic amines) is 1. The predicted molar refractivity (Wildman–Crippen MR) is 119 cm³/mol. The largest absolute Gasteiger partial charge is 0.494 e. The fourth-order valence-corrected chi connectivity index (χ4v) is 4.34. The first kappa shape index (κ1) is 21.4. The molecule has 6 nitrogen and oxygen atoms in total. The summed E-state index contributed by atoms with van der Waals surface area (Å²) < 4.78 is 5.44. The molecule has 1 fully saturated rings. The Morgan fingerprint density at radius 3 is 2.66 bits per heavy atom. The molecular weight excluding hydrogens is 364 g/mol. The van der Waals surface area contributed by atoms with Crippen LogP contribution in [0.3, 0.4) is 0 Å². The molecule has 0 saturated carbocycles. The fraction of sp³-hybridized carbons (Fsp3) is 0.565. The number of ether oxygens (including phenoxy) is 1. The fourth-order valence-electron chi connectivity index (χ4n) is 4.34. The lowest BCUT2D eigenvalue weighted by Crippen LogP contribution is -2.49. The minimum atomic E-state index is -0.404. The molecule has 2 N–H and O–H groups in total. The van der Waals surface area contributed by atoms with Crippen LogP contribution < -0.4 is 15.4 Å². The van der Waals surface area contributed by atoms with E-state index in [9.17, 15) is 4.79 Å². The third-order valence-corrected chi connectivity index (χ3v) is 5.93. The van der Waals surface area contributed by atoms with Crippen LogP contribution >= 0.6 is 0 Å². The lowest BCUT2D eigenvalue weighted by Gasteiger charge is -2.38. The van der Waals surface area contributed by atoms with Gasteiger partial charge in [-0.15, -0.1) is 0 Å². The number of pyridine rings is 1. The number of aromatic nitrogens is 1. The first-order valence-electron chi connectivity index (χ1n) is 10.9.